The lowest BCUT2D eigenvalue weighted by atomic mass is 10.1. The molecule has 26 heavy (non-hydrogen) atoms. The molecule has 1 atom stereocenters. The average Bonchev–Trinajstić information content (AvgIpc) is 2.64. The number of rotatable bonds is 8. The lowest BCUT2D eigenvalue weighted by Gasteiger charge is -2.11. The molecule has 0 saturated carbocycles. The van der Waals surface area contributed by atoms with E-state index in [-0.39, 0.29) is 36.7 Å². The Labute approximate surface area is 152 Å². The van der Waals surface area contributed by atoms with Gasteiger partial charge in [0.2, 0.25) is 11.8 Å². The summed E-state index contributed by atoms with van der Waals surface area (Å²) in [6, 6.07) is 13.1. The van der Waals surface area contributed by atoms with Gasteiger partial charge in [-0.15, -0.1) is 0 Å². The molecule has 0 aliphatic heterocycles. The maximum absolute atomic E-state index is 13.1. The van der Waals surface area contributed by atoms with Crippen molar-refractivity contribution in [3.05, 3.63) is 59.9 Å². The second-order valence-electron chi connectivity index (χ2n) is 6.02. The van der Waals surface area contributed by atoms with Crippen LogP contribution in [-0.4, -0.2) is 18.4 Å². The monoisotopic (exact) mass is 358 g/mol. The summed E-state index contributed by atoms with van der Waals surface area (Å²) in [6.07, 6.45) is 0.723. The van der Waals surface area contributed by atoms with E-state index >= 15 is 0 Å². The molecule has 138 valence electrons. The van der Waals surface area contributed by atoms with Crippen molar-refractivity contribution in [2.75, 3.05) is 11.9 Å². The van der Waals surface area contributed by atoms with Crippen molar-refractivity contribution in [3.8, 4) is 5.75 Å². The third kappa shape index (κ3) is 6.20. The minimum atomic E-state index is -0.358. The minimum absolute atomic E-state index is 0.0762. The van der Waals surface area contributed by atoms with Crippen LogP contribution in [0.4, 0.5) is 10.1 Å². The Kier molecular flexibility index (Phi) is 7.14. The van der Waals surface area contributed by atoms with E-state index < -0.39 is 0 Å². The summed E-state index contributed by atoms with van der Waals surface area (Å²) in [4.78, 5) is 23.7. The van der Waals surface area contributed by atoms with Crippen LogP contribution in [0.15, 0.2) is 48.5 Å². The summed E-state index contributed by atoms with van der Waals surface area (Å²) in [5.41, 5.74) is 1.43. The quantitative estimate of drug-likeness (QED) is 0.759. The molecular formula is C20H23FN2O3. The number of benzene rings is 2. The predicted molar refractivity (Wildman–Crippen MR) is 98.3 cm³/mol. The van der Waals surface area contributed by atoms with Gasteiger partial charge in [-0.05, 0) is 36.2 Å². The number of carbonyl (C=O) groups excluding carboxylic acids is 2. The van der Waals surface area contributed by atoms with Crippen molar-refractivity contribution in [1.82, 2.24) is 5.32 Å². The number of amides is 2. The predicted octanol–water partition coefficient (Wildman–Crippen LogP) is 3.51. The van der Waals surface area contributed by atoms with E-state index in [2.05, 4.69) is 10.6 Å². The highest BCUT2D eigenvalue weighted by Crippen LogP contribution is 2.16. The van der Waals surface area contributed by atoms with Crippen LogP contribution >= 0.6 is 0 Å². The van der Waals surface area contributed by atoms with Gasteiger partial charge in [-0.3, -0.25) is 9.59 Å². The maximum Gasteiger partial charge on any atom is 0.243 e. The topological polar surface area (TPSA) is 67.4 Å². The molecule has 2 rings (SSSR count). The van der Waals surface area contributed by atoms with E-state index in [0.717, 1.165) is 12.0 Å². The van der Waals surface area contributed by atoms with E-state index in [1.54, 1.807) is 30.3 Å². The summed E-state index contributed by atoms with van der Waals surface area (Å²) in [5.74, 6) is -0.481. The fourth-order valence-corrected chi connectivity index (χ4v) is 2.19. The number of ether oxygens (including phenoxy) is 1. The van der Waals surface area contributed by atoms with E-state index in [0.29, 0.717) is 11.4 Å². The van der Waals surface area contributed by atoms with Crippen LogP contribution in [0.3, 0.4) is 0 Å². The van der Waals surface area contributed by atoms with Gasteiger partial charge in [0.1, 0.15) is 18.2 Å². The van der Waals surface area contributed by atoms with Crippen LogP contribution in [0.1, 0.15) is 25.8 Å². The molecule has 0 fully saturated rings. The molecular weight excluding hydrogens is 335 g/mol. The van der Waals surface area contributed by atoms with Gasteiger partial charge in [-0.1, -0.05) is 32.0 Å². The second kappa shape index (κ2) is 9.56. The molecule has 6 heteroatoms. The van der Waals surface area contributed by atoms with Crippen molar-refractivity contribution in [2.24, 2.45) is 5.92 Å². The molecule has 5 nitrogen and oxygen atoms in total. The fourth-order valence-electron chi connectivity index (χ4n) is 2.19. The van der Waals surface area contributed by atoms with Gasteiger partial charge in [0, 0.05) is 17.7 Å². The number of hydrogen-bond donors (Lipinski definition) is 2. The summed E-state index contributed by atoms with van der Waals surface area (Å²) in [7, 11) is 0. The molecule has 0 aliphatic carbocycles. The molecule has 1 unspecified atom stereocenters. The first-order valence-electron chi connectivity index (χ1n) is 8.52. The van der Waals surface area contributed by atoms with Gasteiger partial charge in [-0.2, -0.15) is 0 Å². The normalized spacial score (nSPS) is 11.5. The maximum atomic E-state index is 13.1. The summed E-state index contributed by atoms with van der Waals surface area (Å²) in [6.45, 7) is 3.90. The molecule has 2 amide bonds. The van der Waals surface area contributed by atoms with Crippen LogP contribution in [-0.2, 0) is 16.2 Å². The van der Waals surface area contributed by atoms with Crippen molar-refractivity contribution >= 4 is 17.5 Å². The molecule has 2 aromatic rings. The molecule has 0 radical (unpaired) electrons. The molecule has 2 aromatic carbocycles. The second-order valence-corrected chi connectivity index (χ2v) is 6.02. The molecule has 2 N–H and O–H groups in total. The Bertz CT molecular complexity index is 764. The average molecular weight is 358 g/mol. The van der Waals surface area contributed by atoms with Gasteiger partial charge in [0.15, 0.2) is 0 Å². The van der Waals surface area contributed by atoms with Crippen molar-refractivity contribution in [3.63, 3.8) is 0 Å². The number of hydrogen-bond acceptors (Lipinski definition) is 3. The van der Waals surface area contributed by atoms with Crippen LogP contribution < -0.4 is 15.4 Å². The number of anilines is 1. The summed E-state index contributed by atoms with van der Waals surface area (Å²) >= 11 is 0. The van der Waals surface area contributed by atoms with Crippen molar-refractivity contribution in [2.45, 2.75) is 26.9 Å². The Morgan fingerprint density at radius 1 is 1.15 bits per heavy atom. The molecule has 0 bridgehead atoms. The largest absolute Gasteiger partial charge is 0.489 e. The van der Waals surface area contributed by atoms with E-state index in [9.17, 15) is 14.0 Å². The van der Waals surface area contributed by atoms with Crippen molar-refractivity contribution < 1.29 is 18.7 Å². The minimum Gasteiger partial charge on any atom is -0.489 e. The highest BCUT2D eigenvalue weighted by Gasteiger charge is 2.11. The van der Waals surface area contributed by atoms with Gasteiger partial charge >= 0.3 is 0 Å². The van der Waals surface area contributed by atoms with Gasteiger partial charge in [0.05, 0.1) is 6.54 Å². The highest BCUT2D eigenvalue weighted by atomic mass is 19.1. The molecule has 0 spiro atoms. The zero-order chi connectivity index (χ0) is 18.9. The standard InChI is InChI=1S/C20H23FN2O3/c1-3-14(2)20(25)22-12-19(24)23-17-8-4-6-15(10-17)13-26-18-9-5-7-16(21)11-18/h4-11,14H,3,12-13H2,1-2H3,(H,22,25)(H,23,24). The Morgan fingerprint density at radius 2 is 1.92 bits per heavy atom. The van der Waals surface area contributed by atoms with Crippen LogP contribution in [0, 0.1) is 11.7 Å². The Balaban J connectivity index is 1.86. The number of carbonyl (C=O) groups is 2. The lowest BCUT2D eigenvalue weighted by Crippen LogP contribution is -2.35. The van der Waals surface area contributed by atoms with Crippen LogP contribution in [0.25, 0.3) is 0 Å². The van der Waals surface area contributed by atoms with Crippen LogP contribution in [0.2, 0.25) is 0 Å². The van der Waals surface area contributed by atoms with Crippen LogP contribution in [0.5, 0.6) is 5.75 Å². The smallest absolute Gasteiger partial charge is 0.243 e. The van der Waals surface area contributed by atoms with Gasteiger partial charge < -0.3 is 15.4 Å². The van der Waals surface area contributed by atoms with E-state index in [1.165, 1.54) is 12.1 Å². The molecule has 0 saturated heterocycles. The first-order chi connectivity index (χ1) is 12.5. The molecule has 0 aliphatic rings. The van der Waals surface area contributed by atoms with E-state index in [1.807, 2.05) is 19.9 Å². The molecule has 0 aromatic heterocycles. The third-order valence-corrected chi connectivity index (χ3v) is 3.90. The van der Waals surface area contributed by atoms with Crippen molar-refractivity contribution in [1.29, 1.82) is 0 Å². The molecule has 0 heterocycles. The number of halogens is 1. The van der Waals surface area contributed by atoms with Gasteiger partial charge in [0.25, 0.3) is 0 Å². The zero-order valence-corrected chi connectivity index (χ0v) is 14.9. The van der Waals surface area contributed by atoms with Gasteiger partial charge in [-0.25, -0.2) is 4.39 Å². The zero-order valence-electron chi connectivity index (χ0n) is 14.9. The van der Waals surface area contributed by atoms with E-state index in [4.69, 9.17) is 4.74 Å². The first-order valence-corrected chi connectivity index (χ1v) is 8.52. The summed E-state index contributed by atoms with van der Waals surface area (Å²) < 4.78 is 18.7. The lowest BCUT2D eigenvalue weighted by molar-refractivity contribution is -0.126. The Hall–Kier alpha value is -2.89. The number of nitrogens with one attached hydrogen (secondary N) is 2. The first kappa shape index (κ1) is 19.4. The SMILES string of the molecule is CCC(C)C(=O)NCC(=O)Nc1cccc(COc2cccc(F)c2)c1. The Morgan fingerprint density at radius 3 is 2.65 bits per heavy atom. The fraction of sp³-hybridized carbons (Fsp3) is 0.300. The third-order valence-electron chi connectivity index (χ3n) is 3.90. The summed E-state index contributed by atoms with van der Waals surface area (Å²) in [5, 5.41) is 5.34. The highest BCUT2D eigenvalue weighted by molar-refractivity contribution is 5.94.